The van der Waals surface area contributed by atoms with Gasteiger partial charge in [0.05, 0.1) is 12.2 Å². The molecule has 0 spiro atoms. The van der Waals surface area contributed by atoms with Crippen molar-refractivity contribution in [3.8, 4) is 5.75 Å². The van der Waals surface area contributed by atoms with Gasteiger partial charge >= 0.3 is 0 Å². The summed E-state index contributed by atoms with van der Waals surface area (Å²) < 4.78 is 5.79. The highest BCUT2D eigenvalue weighted by molar-refractivity contribution is 6.06. The van der Waals surface area contributed by atoms with Crippen molar-refractivity contribution < 1.29 is 9.53 Å². The lowest BCUT2D eigenvalue weighted by Gasteiger charge is -2.13. The highest BCUT2D eigenvalue weighted by atomic mass is 16.5. The van der Waals surface area contributed by atoms with Gasteiger partial charge in [0, 0.05) is 5.69 Å². The van der Waals surface area contributed by atoms with Crippen LogP contribution in [0.4, 0.5) is 5.69 Å². The second-order valence-corrected chi connectivity index (χ2v) is 6.28. The second kappa shape index (κ2) is 7.82. The average molecular weight is 311 g/mol. The van der Waals surface area contributed by atoms with Gasteiger partial charge in [-0.15, -0.1) is 0 Å². The molecule has 0 bridgehead atoms. The summed E-state index contributed by atoms with van der Waals surface area (Å²) in [4.78, 5) is 12.5. The molecular formula is C20H25NO2. The van der Waals surface area contributed by atoms with E-state index in [0.717, 1.165) is 17.7 Å². The van der Waals surface area contributed by atoms with Crippen molar-refractivity contribution >= 4 is 11.6 Å². The number of hydrogen-bond donors (Lipinski definition) is 1. The van der Waals surface area contributed by atoms with E-state index in [-0.39, 0.29) is 5.91 Å². The first kappa shape index (κ1) is 17.1. The molecule has 0 radical (unpaired) electrons. The first-order valence-corrected chi connectivity index (χ1v) is 8.08. The number of para-hydroxylation sites is 1. The standard InChI is InChI=1S/C20H25NO2/c1-14(2)11-12-23-19-8-6-5-7-18(19)20(22)21-17-10-9-15(3)16(4)13-17/h5-10,13-14H,11-12H2,1-4H3,(H,21,22). The lowest BCUT2D eigenvalue weighted by atomic mass is 10.1. The number of carbonyl (C=O) groups is 1. The van der Waals surface area contributed by atoms with Crippen molar-refractivity contribution in [3.63, 3.8) is 0 Å². The molecule has 0 atom stereocenters. The van der Waals surface area contributed by atoms with Crippen LogP contribution < -0.4 is 10.1 Å². The smallest absolute Gasteiger partial charge is 0.259 e. The normalized spacial score (nSPS) is 10.7. The zero-order chi connectivity index (χ0) is 16.8. The van der Waals surface area contributed by atoms with E-state index in [1.165, 1.54) is 5.56 Å². The Morgan fingerprint density at radius 3 is 2.52 bits per heavy atom. The first-order valence-electron chi connectivity index (χ1n) is 8.08. The third-order valence-electron chi connectivity index (χ3n) is 3.85. The second-order valence-electron chi connectivity index (χ2n) is 6.28. The van der Waals surface area contributed by atoms with Crippen LogP contribution in [-0.4, -0.2) is 12.5 Å². The lowest BCUT2D eigenvalue weighted by Crippen LogP contribution is -2.14. The Bertz CT molecular complexity index is 677. The van der Waals surface area contributed by atoms with Crippen LogP contribution in [0.15, 0.2) is 42.5 Å². The Balaban J connectivity index is 2.10. The molecule has 1 amide bonds. The molecule has 0 unspecified atom stereocenters. The molecule has 0 fully saturated rings. The van der Waals surface area contributed by atoms with E-state index < -0.39 is 0 Å². The minimum Gasteiger partial charge on any atom is -0.493 e. The van der Waals surface area contributed by atoms with Crippen LogP contribution in [0.2, 0.25) is 0 Å². The Labute approximate surface area is 138 Å². The average Bonchev–Trinajstić information content (AvgIpc) is 2.51. The Hall–Kier alpha value is -2.29. The van der Waals surface area contributed by atoms with Crippen molar-refractivity contribution in [1.29, 1.82) is 0 Å². The SMILES string of the molecule is Cc1ccc(NC(=O)c2ccccc2OCCC(C)C)cc1C. The largest absolute Gasteiger partial charge is 0.493 e. The molecule has 0 saturated heterocycles. The van der Waals surface area contributed by atoms with Crippen LogP contribution in [0, 0.1) is 19.8 Å². The molecule has 0 aliphatic rings. The maximum Gasteiger partial charge on any atom is 0.259 e. The predicted molar refractivity (Wildman–Crippen MR) is 95.3 cm³/mol. The van der Waals surface area contributed by atoms with Gasteiger partial charge < -0.3 is 10.1 Å². The molecule has 0 heterocycles. The van der Waals surface area contributed by atoms with Gasteiger partial charge in [-0.1, -0.05) is 32.0 Å². The van der Waals surface area contributed by atoms with Crippen LogP contribution >= 0.6 is 0 Å². The monoisotopic (exact) mass is 311 g/mol. The minimum absolute atomic E-state index is 0.145. The maximum absolute atomic E-state index is 12.5. The van der Waals surface area contributed by atoms with E-state index in [0.29, 0.717) is 23.8 Å². The van der Waals surface area contributed by atoms with E-state index in [9.17, 15) is 4.79 Å². The van der Waals surface area contributed by atoms with Gasteiger partial charge in [-0.3, -0.25) is 4.79 Å². The summed E-state index contributed by atoms with van der Waals surface area (Å²) in [5, 5.41) is 2.95. The summed E-state index contributed by atoms with van der Waals surface area (Å²) in [7, 11) is 0. The van der Waals surface area contributed by atoms with E-state index in [2.05, 4.69) is 26.1 Å². The number of ether oxygens (including phenoxy) is 1. The Morgan fingerprint density at radius 2 is 1.83 bits per heavy atom. The number of amides is 1. The molecule has 23 heavy (non-hydrogen) atoms. The number of benzene rings is 2. The molecule has 0 aromatic heterocycles. The molecule has 0 saturated carbocycles. The number of aryl methyl sites for hydroxylation is 2. The van der Waals surface area contributed by atoms with Gasteiger partial charge in [-0.2, -0.15) is 0 Å². The van der Waals surface area contributed by atoms with E-state index in [1.807, 2.05) is 43.3 Å². The first-order chi connectivity index (χ1) is 11.0. The van der Waals surface area contributed by atoms with E-state index >= 15 is 0 Å². The van der Waals surface area contributed by atoms with Crippen molar-refractivity contribution in [3.05, 3.63) is 59.2 Å². The maximum atomic E-state index is 12.5. The number of carbonyl (C=O) groups excluding carboxylic acids is 1. The van der Waals surface area contributed by atoms with E-state index in [1.54, 1.807) is 6.07 Å². The highest BCUT2D eigenvalue weighted by Gasteiger charge is 2.12. The minimum atomic E-state index is -0.145. The third kappa shape index (κ3) is 4.85. The van der Waals surface area contributed by atoms with Crippen molar-refractivity contribution in [2.24, 2.45) is 5.92 Å². The Morgan fingerprint density at radius 1 is 1.09 bits per heavy atom. The molecule has 2 aromatic rings. The van der Waals surface area contributed by atoms with E-state index in [4.69, 9.17) is 4.74 Å². The highest BCUT2D eigenvalue weighted by Crippen LogP contribution is 2.21. The van der Waals surface area contributed by atoms with Gasteiger partial charge in [-0.25, -0.2) is 0 Å². The van der Waals surface area contributed by atoms with Crippen molar-refractivity contribution in [1.82, 2.24) is 0 Å². The van der Waals surface area contributed by atoms with Gasteiger partial charge in [-0.05, 0) is 61.6 Å². The Kier molecular flexibility index (Phi) is 5.80. The van der Waals surface area contributed by atoms with Crippen molar-refractivity contribution in [2.45, 2.75) is 34.1 Å². The summed E-state index contributed by atoms with van der Waals surface area (Å²) in [5.41, 5.74) is 3.73. The molecular weight excluding hydrogens is 286 g/mol. The molecule has 1 N–H and O–H groups in total. The lowest BCUT2D eigenvalue weighted by molar-refractivity contribution is 0.102. The fraction of sp³-hybridized carbons (Fsp3) is 0.350. The van der Waals surface area contributed by atoms with Crippen LogP contribution in [0.1, 0.15) is 41.8 Å². The number of hydrogen-bond acceptors (Lipinski definition) is 2. The molecule has 0 aliphatic carbocycles. The molecule has 3 heteroatoms. The summed E-state index contributed by atoms with van der Waals surface area (Å²) in [6, 6.07) is 13.3. The third-order valence-corrected chi connectivity index (χ3v) is 3.85. The van der Waals surface area contributed by atoms with Gasteiger partial charge in [0.15, 0.2) is 0 Å². The molecule has 2 rings (SSSR count). The molecule has 122 valence electrons. The van der Waals surface area contributed by atoms with Crippen LogP contribution in [0.5, 0.6) is 5.75 Å². The zero-order valence-electron chi connectivity index (χ0n) is 14.3. The van der Waals surface area contributed by atoms with Crippen molar-refractivity contribution in [2.75, 3.05) is 11.9 Å². The van der Waals surface area contributed by atoms with Crippen LogP contribution in [0.3, 0.4) is 0 Å². The summed E-state index contributed by atoms with van der Waals surface area (Å²) in [6.45, 7) is 9.02. The quantitative estimate of drug-likeness (QED) is 0.817. The molecule has 3 nitrogen and oxygen atoms in total. The van der Waals surface area contributed by atoms with Crippen LogP contribution in [-0.2, 0) is 0 Å². The fourth-order valence-electron chi connectivity index (χ4n) is 2.20. The van der Waals surface area contributed by atoms with Gasteiger partial charge in [0.25, 0.3) is 5.91 Å². The molecule has 2 aromatic carbocycles. The predicted octanol–water partition coefficient (Wildman–Crippen LogP) is 4.98. The number of rotatable bonds is 6. The summed E-state index contributed by atoms with van der Waals surface area (Å²) >= 11 is 0. The number of anilines is 1. The topological polar surface area (TPSA) is 38.3 Å². The number of nitrogens with one attached hydrogen (secondary N) is 1. The zero-order valence-corrected chi connectivity index (χ0v) is 14.3. The molecule has 0 aliphatic heterocycles. The van der Waals surface area contributed by atoms with Gasteiger partial charge in [0.2, 0.25) is 0 Å². The van der Waals surface area contributed by atoms with Crippen LogP contribution in [0.25, 0.3) is 0 Å². The van der Waals surface area contributed by atoms with Gasteiger partial charge in [0.1, 0.15) is 5.75 Å². The summed E-state index contributed by atoms with van der Waals surface area (Å²) in [5.74, 6) is 1.06. The summed E-state index contributed by atoms with van der Waals surface area (Å²) in [6.07, 6.45) is 0.965. The fourth-order valence-corrected chi connectivity index (χ4v) is 2.20.